The summed E-state index contributed by atoms with van der Waals surface area (Å²) in [7, 11) is 0. The van der Waals surface area contributed by atoms with Crippen molar-refractivity contribution >= 4 is 17.3 Å². The van der Waals surface area contributed by atoms with Crippen molar-refractivity contribution < 1.29 is 4.79 Å². The summed E-state index contributed by atoms with van der Waals surface area (Å²) in [5, 5.41) is 3.05. The van der Waals surface area contributed by atoms with E-state index < -0.39 is 6.04 Å². The third-order valence-corrected chi connectivity index (χ3v) is 4.60. The van der Waals surface area contributed by atoms with Crippen molar-refractivity contribution in [1.29, 1.82) is 0 Å². The van der Waals surface area contributed by atoms with Gasteiger partial charge in [0.1, 0.15) is 6.04 Å². The fourth-order valence-electron chi connectivity index (χ4n) is 3.28. The maximum Gasteiger partial charge on any atom is 0.249 e. The molecule has 1 aliphatic rings. The molecule has 26 heavy (non-hydrogen) atoms. The van der Waals surface area contributed by atoms with Gasteiger partial charge in [-0.3, -0.25) is 9.79 Å². The van der Waals surface area contributed by atoms with E-state index in [0.717, 1.165) is 22.5 Å². The Bertz CT molecular complexity index is 933. The Morgan fingerprint density at radius 3 is 2.12 bits per heavy atom. The molecule has 0 unspecified atom stereocenters. The third kappa shape index (κ3) is 3.57. The molecule has 0 fully saturated rings. The Balaban J connectivity index is 1.72. The van der Waals surface area contributed by atoms with E-state index in [4.69, 9.17) is 4.99 Å². The van der Waals surface area contributed by atoms with Gasteiger partial charge in [-0.15, -0.1) is 0 Å². The van der Waals surface area contributed by atoms with Gasteiger partial charge in [0.15, 0.2) is 0 Å². The minimum Gasteiger partial charge on any atom is -0.324 e. The average molecular weight is 340 g/mol. The van der Waals surface area contributed by atoms with E-state index in [-0.39, 0.29) is 5.91 Å². The van der Waals surface area contributed by atoms with Crippen LogP contribution in [-0.2, 0) is 17.6 Å². The van der Waals surface area contributed by atoms with Gasteiger partial charge >= 0.3 is 0 Å². The van der Waals surface area contributed by atoms with Gasteiger partial charge < -0.3 is 5.32 Å². The molecule has 3 aromatic rings. The molecule has 3 aromatic carbocycles. The molecule has 128 valence electrons. The predicted octanol–water partition coefficient (Wildman–Crippen LogP) is 4.28. The maximum atomic E-state index is 12.8. The number of nitrogens with one attached hydrogen (secondary N) is 1. The number of carbonyl (C=O) groups excluding carboxylic acids is 1. The Hall–Kier alpha value is -3.20. The molecule has 0 saturated heterocycles. The summed E-state index contributed by atoms with van der Waals surface area (Å²) in [6.45, 7) is 0. The van der Waals surface area contributed by atoms with Crippen LogP contribution in [0, 0.1) is 0 Å². The molecule has 0 radical (unpaired) electrons. The number of hydrogen-bond acceptors (Lipinski definition) is 2. The maximum absolute atomic E-state index is 12.8. The number of para-hydroxylation sites is 1. The molecule has 0 aromatic heterocycles. The molecule has 0 bridgehead atoms. The first-order valence-electron chi connectivity index (χ1n) is 8.84. The normalized spacial score (nSPS) is 16.2. The van der Waals surface area contributed by atoms with Crippen molar-refractivity contribution in [3.63, 3.8) is 0 Å². The lowest BCUT2D eigenvalue weighted by Gasteiger charge is -2.11. The second kappa shape index (κ2) is 7.36. The van der Waals surface area contributed by atoms with Gasteiger partial charge in [-0.05, 0) is 17.2 Å². The first kappa shape index (κ1) is 16.3. The van der Waals surface area contributed by atoms with Gasteiger partial charge in [-0.2, -0.15) is 0 Å². The number of benzodiazepines with no additional fused rings is 1. The van der Waals surface area contributed by atoms with Crippen LogP contribution in [0.3, 0.4) is 0 Å². The molecule has 4 rings (SSSR count). The lowest BCUT2D eigenvalue weighted by Crippen LogP contribution is -2.27. The largest absolute Gasteiger partial charge is 0.324 e. The minimum absolute atomic E-state index is 0.0515. The molecular weight excluding hydrogens is 320 g/mol. The van der Waals surface area contributed by atoms with Crippen LogP contribution in [-0.4, -0.2) is 17.7 Å². The lowest BCUT2D eigenvalue weighted by molar-refractivity contribution is -0.117. The van der Waals surface area contributed by atoms with E-state index in [1.807, 2.05) is 72.8 Å². The Morgan fingerprint density at radius 2 is 1.38 bits per heavy atom. The molecule has 1 heterocycles. The van der Waals surface area contributed by atoms with Crippen LogP contribution in [0.15, 0.2) is 89.9 Å². The monoisotopic (exact) mass is 340 g/mol. The number of nitrogens with zero attached hydrogens (tertiary/aromatic N) is 1. The molecule has 1 aliphatic heterocycles. The quantitative estimate of drug-likeness (QED) is 0.757. The van der Waals surface area contributed by atoms with Gasteiger partial charge in [0.2, 0.25) is 5.91 Å². The zero-order valence-corrected chi connectivity index (χ0v) is 14.4. The van der Waals surface area contributed by atoms with Crippen molar-refractivity contribution in [3.05, 3.63) is 102 Å². The highest BCUT2D eigenvalue weighted by atomic mass is 16.2. The van der Waals surface area contributed by atoms with Crippen molar-refractivity contribution in [1.82, 2.24) is 0 Å². The predicted molar refractivity (Wildman–Crippen MR) is 106 cm³/mol. The zero-order chi connectivity index (χ0) is 17.8. The molecule has 3 heteroatoms. The number of amides is 1. The second-order valence-corrected chi connectivity index (χ2v) is 6.48. The van der Waals surface area contributed by atoms with E-state index in [1.54, 1.807) is 0 Å². The van der Waals surface area contributed by atoms with Crippen molar-refractivity contribution in [2.45, 2.75) is 18.9 Å². The molecule has 1 atom stereocenters. The summed E-state index contributed by atoms with van der Waals surface area (Å²) in [5.74, 6) is -0.0515. The van der Waals surface area contributed by atoms with Crippen LogP contribution in [0.25, 0.3) is 0 Å². The van der Waals surface area contributed by atoms with Crippen molar-refractivity contribution in [2.24, 2.45) is 4.99 Å². The molecule has 0 aliphatic carbocycles. The number of benzene rings is 3. The Kier molecular flexibility index (Phi) is 4.61. The van der Waals surface area contributed by atoms with Crippen molar-refractivity contribution in [3.8, 4) is 0 Å². The fourth-order valence-corrected chi connectivity index (χ4v) is 3.28. The smallest absolute Gasteiger partial charge is 0.249 e. The van der Waals surface area contributed by atoms with Gasteiger partial charge in [0.05, 0.1) is 0 Å². The summed E-state index contributed by atoms with van der Waals surface area (Å²) in [4.78, 5) is 17.7. The van der Waals surface area contributed by atoms with Gasteiger partial charge in [0, 0.05) is 29.8 Å². The van der Waals surface area contributed by atoms with Crippen LogP contribution in [0.2, 0.25) is 0 Å². The lowest BCUT2D eigenvalue weighted by atomic mass is 10.0. The van der Waals surface area contributed by atoms with Gasteiger partial charge in [0.25, 0.3) is 0 Å². The van der Waals surface area contributed by atoms with Crippen molar-refractivity contribution in [2.75, 3.05) is 5.32 Å². The molecule has 1 amide bonds. The highest BCUT2D eigenvalue weighted by Gasteiger charge is 2.25. The summed E-state index contributed by atoms with van der Waals surface area (Å²) >= 11 is 0. The molecular formula is C23H20N2O. The minimum atomic E-state index is -0.427. The fraction of sp³-hybridized carbons (Fsp3) is 0.130. The van der Waals surface area contributed by atoms with E-state index in [1.165, 1.54) is 5.56 Å². The molecule has 1 N–H and O–H groups in total. The second-order valence-electron chi connectivity index (χ2n) is 6.48. The highest BCUT2D eigenvalue weighted by Crippen LogP contribution is 2.23. The summed E-state index contributed by atoms with van der Waals surface area (Å²) < 4.78 is 0. The van der Waals surface area contributed by atoms with E-state index >= 15 is 0 Å². The van der Waals surface area contributed by atoms with Crippen LogP contribution >= 0.6 is 0 Å². The van der Waals surface area contributed by atoms with E-state index in [2.05, 4.69) is 17.4 Å². The number of carbonyl (C=O) groups is 1. The van der Waals surface area contributed by atoms with Crippen LogP contribution in [0.4, 0.5) is 5.69 Å². The van der Waals surface area contributed by atoms with E-state index in [0.29, 0.717) is 12.8 Å². The molecule has 0 saturated carbocycles. The van der Waals surface area contributed by atoms with Gasteiger partial charge in [-0.25, -0.2) is 0 Å². The average Bonchev–Trinajstić information content (AvgIpc) is 2.81. The number of fused-ring (bicyclic) bond motifs is 1. The summed E-state index contributed by atoms with van der Waals surface area (Å²) in [5.41, 5.74) is 5.09. The third-order valence-electron chi connectivity index (χ3n) is 4.60. The Morgan fingerprint density at radius 1 is 0.769 bits per heavy atom. The first-order valence-corrected chi connectivity index (χ1v) is 8.84. The standard InChI is InChI=1S/C23H20N2O/c26-23-22(16-18-11-5-2-6-12-18)24-21(15-17-9-3-1-4-10-17)19-13-7-8-14-20(19)25-23/h1-14,22H,15-16H2,(H,25,26)/t22-/m1/s1. The summed E-state index contributed by atoms with van der Waals surface area (Å²) in [6.07, 6.45) is 1.30. The summed E-state index contributed by atoms with van der Waals surface area (Å²) in [6, 6.07) is 27.8. The van der Waals surface area contributed by atoms with E-state index in [9.17, 15) is 4.79 Å². The molecule has 0 spiro atoms. The Labute approximate surface area is 153 Å². The van der Waals surface area contributed by atoms with Gasteiger partial charge in [-0.1, -0.05) is 78.9 Å². The zero-order valence-electron chi connectivity index (χ0n) is 14.4. The number of anilines is 1. The number of aliphatic imine (C=N–C) groups is 1. The SMILES string of the molecule is O=C1Nc2ccccc2C(Cc2ccccc2)=N[C@@H]1Cc1ccccc1. The first-order chi connectivity index (χ1) is 12.8. The topological polar surface area (TPSA) is 41.5 Å². The van der Waals surface area contributed by atoms with Crippen LogP contribution in [0.1, 0.15) is 16.7 Å². The molecule has 3 nitrogen and oxygen atoms in total. The van der Waals surface area contributed by atoms with Crippen LogP contribution in [0.5, 0.6) is 0 Å². The highest BCUT2D eigenvalue weighted by molar-refractivity contribution is 6.12. The number of rotatable bonds is 4. The van der Waals surface area contributed by atoms with Crippen LogP contribution < -0.4 is 5.32 Å². The number of hydrogen-bond donors (Lipinski definition) is 1.